The lowest BCUT2D eigenvalue weighted by molar-refractivity contribution is 0.0936. The summed E-state index contributed by atoms with van der Waals surface area (Å²) in [5.74, 6) is 0.377. The second kappa shape index (κ2) is 7.16. The van der Waals surface area contributed by atoms with Gasteiger partial charge in [-0.1, -0.05) is 0 Å². The molecule has 0 radical (unpaired) electrons. The van der Waals surface area contributed by atoms with Crippen molar-refractivity contribution in [3.8, 4) is 17.3 Å². The fourth-order valence-corrected chi connectivity index (χ4v) is 4.05. The van der Waals surface area contributed by atoms with E-state index in [0.29, 0.717) is 41.5 Å². The number of pyridine rings is 1. The van der Waals surface area contributed by atoms with E-state index < -0.39 is 0 Å². The number of hydrogen-bond acceptors (Lipinski definition) is 6. The minimum atomic E-state index is -0.355. The van der Waals surface area contributed by atoms with Gasteiger partial charge >= 0.3 is 0 Å². The standard InChI is InChI=1S/C21H27N7O/c1-13(14-4-5-14)25-20(29)15-11-24-17(10-22)18(16-6-8-27(3)26-16)19(15)28-9-7-21(2,23)12-28/h6,8,11,13-14H,4-5,7,9,12,23H2,1-3H3,(H,25,29)/t13-,21-/m0/s1. The van der Waals surface area contributed by atoms with Crippen molar-refractivity contribution < 1.29 is 4.79 Å². The van der Waals surface area contributed by atoms with Gasteiger partial charge in [-0.25, -0.2) is 4.98 Å². The second-order valence-electron chi connectivity index (χ2n) is 8.66. The number of nitriles is 1. The molecule has 2 aliphatic rings. The fraction of sp³-hybridized carbons (Fsp3) is 0.524. The number of hydrogen-bond donors (Lipinski definition) is 2. The van der Waals surface area contributed by atoms with Crippen LogP contribution in [0.25, 0.3) is 11.3 Å². The Bertz CT molecular complexity index is 983. The molecule has 0 unspecified atom stereocenters. The Hall–Kier alpha value is -2.92. The molecule has 2 atom stereocenters. The van der Waals surface area contributed by atoms with E-state index >= 15 is 0 Å². The van der Waals surface area contributed by atoms with E-state index in [-0.39, 0.29) is 23.2 Å². The van der Waals surface area contributed by atoms with Gasteiger partial charge in [0.05, 0.1) is 22.5 Å². The second-order valence-corrected chi connectivity index (χ2v) is 8.66. The number of aryl methyl sites for hydroxylation is 1. The highest BCUT2D eigenvalue weighted by Gasteiger charge is 2.36. The average Bonchev–Trinajstić information content (AvgIpc) is 3.35. The lowest BCUT2D eigenvalue weighted by Crippen LogP contribution is -2.40. The molecule has 3 N–H and O–H groups in total. The van der Waals surface area contributed by atoms with Gasteiger partial charge in [0.2, 0.25) is 0 Å². The molecule has 2 fully saturated rings. The molecule has 0 aromatic carbocycles. The van der Waals surface area contributed by atoms with Crippen LogP contribution in [0, 0.1) is 17.2 Å². The van der Waals surface area contributed by atoms with Gasteiger partial charge in [0, 0.05) is 44.1 Å². The van der Waals surface area contributed by atoms with E-state index in [1.165, 1.54) is 6.20 Å². The highest BCUT2D eigenvalue weighted by atomic mass is 16.1. The number of rotatable bonds is 5. The quantitative estimate of drug-likeness (QED) is 0.801. The predicted molar refractivity (Wildman–Crippen MR) is 110 cm³/mol. The Balaban J connectivity index is 1.84. The van der Waals surface area contributed by atoms with Crippen molar-refractivity contribution in [1.82, 2.24) is 20.1 Å². The molecular weight excluding hydrogens is 366 g/mol. The summed E-state index contributed by atoms with van der Waals surface area (Å²) in [7, 11) is 1.82. The number of aromatic nitrogens is 3. The molecule has 8 heteroatoms. The van der Waals surface area contributed by atoms with Gasteiger partial charge in [0.15, 0.2) is 5.69 Å². The summed E-state index contributed by atoms with van der Waals surface area (Å²) in [6.45, 7) is 5.36. The lowest BCUT2D eigenvalue weighted by atomic mass is 10.0. The van der Waals surface area contributed by atoms with Gasteiger partial charge in [-0.3, -0.25) is 9.48 Å². The largest absolute Gasteiger partial charge is 0.368 e. The predicted octanol–water partition coefficient (Wildman–Crippen LogP) is 1.81. The fourth-order valence-electron chi connectivity index (χ4n) is 4.05. The summed E-state index contributed by atoms with van der Waals surface area (Å²) >= 11 is 0. The SMILES string of the molecule is C[C@H](NC(=O)c1cnc(C#N)c(-c2ccn(C)n2)c1N1CC[C@](C)(N)C1)C1CC1. The summed E-state index contributed by atoms with van der Waals surface area (Å²) in [4.78, 5) is 19.6. The van der Waals surface area contributed by atoms with Crippen LogP contribution in [0.15, 0.2) is 18.5 Å². The van der Waals surface area contributed by atoms with Crippen LogP contribution in [0.5, 0.6) is 0 Å². The van der Waals surface area contributed by atoms with Gasteiger partial charge in [-0.15, -0.1) is 0 Å². The Kier molecular flexibility index (Phi) is 4.79. The molecule has 0 bridgehead atoms. The van der Waals surface area contributed by atoms with Crippen molar-refractivity contribution in [2.24, 2.45) is 18.7 Å². The van der Waals surface area contributed by atoms with Crippen molar-refractivity contribution in [2.75, 3.05) is 18.0 Å². The highest BCUT2D eigenvalue weighted by Crippen LogP contribution is 2.38. The summed E-state index contributed by atoms with van der Waals surface area (Å²) in [6.07, 6.45) is 6.44. The maximum Gasteiger partial charge on any atom is 0.255 e. The molecule has 1 aliphatic heterocycles. The van der Waals surface area contributed by atoms with E-state index in [9.17, 15) is 10.1 Å². The maximum absolute atomic E-state index is 13.2. The Morgan fingerprint density at radius 1 is 1.48 bits per heavy atom. The van der Waals surface area contributed by atoms with Crippen LogP contribution in [0.4, 0.5) is 5.69 Å². The monoisotopic (exact) mass is 393 g/mol. The number of nitrogens with one attached hydrogen (secondary N) is 1. The van der Waals surface area contributed by atoms with Gasteiger partial charge in [-0.2, -0.15) is 10.4 Å². The third-order valence-corrected chi connectivity index (χ3v) is 5.88. The molecule has 29 heavy (non-hydrogen) atoms. The van der Waals surface area contributed by atoms with Crippen LogP contribution in [0.3, 0.4) is 0 Å². The summed E-state index contributed by atoms with van der Waals surface area (Å²) in [6, 6.07) is 4.13. The van der Waals surface area contributed by atoms with E-state index in [1.54, 1.807) is 4.68 Å². The lowest BCUT2D eigenvalue weighted by Gasteiger charge is -2.26. The molecule has 3 heterocycles. The molecule has 2 aromatic heterocycles. The Labute approximate surface area is 170 Å². The molecule has 8 nitrogen and oxygen atoms in total. The van der Waals surface area contributed by atoms with Crippen LogP contribution in [0.2, 0.25) is 0 Å². The first kappa shape index (κ1) is 19.4. The van der Waals surface area contributed by atoms with Gasteiger partial charge < -0.3 is 16.0 Å². The van der Waals surface area contributed by atoms with Gasteiger partial charge in [-0.05, 0) is 45.1 Å². The van der Waals surface area contributed by atoms with Crippen molar-refractivity contribution in [3.05, 3.63) is 29.7 Å². The summed E-state index contributed by atoms with van der Waals surface area (Å²) in [5.41, 5.74) is 8.68. The molecule has 1 aliphatic carbocycles. The first-order valence-electron chi connectivity index (χ1n) is 10.1. The zero-order valence-corrected chi connectivity index (χ0v) is 17.1. The maximum atomic E-state index is 13.2. The van der Waals surface area contributed by atoms with Crippen LogP contribution >= 0.6 is 0 Å². The number of carbonyl (C=O) groups excluding carboxylic acids is 1. The molecular formula is C21H27N7O. The third-order valence-electron chi connectivity index (χ3n) is 5.88. The molecule has 1 saturated carbocycles. The smallest absolute Gasteiger partial charge is 0.255 e. The van der Waals surface area contributed by atoms with Gasteiger partial charge in [0.25, 0.3) is 5.91 Å². The topological polar surface area (TPSA) is 113 Å². The Morgan fingerprint density at radius 3 is 2.79 bits per heavy atom. The Morgan fingerprint density at radius 2 is 2.24 bits per heavy atom. The summed E-state index contributed by atoms with van der Waals surface area (Å²) < 4.78 is 1.68. The molecule has 2 aromatic rings. The molecule has 1 amide bonds. The number of nitrogens with zero attached hydrogens (tertiary/aromatic N) is 5. The van der Waals surface area contributed by atoms with E-state index in [1.807, 2.05) is 33.2 Å². The van der Waals surface area contributed by atoms with E-state index in [2.05, 4.69) is 26.4 Å². The van der Waals surface area contributed by atoms with Crippen LogP contribution in [-0.2, 0) is 7.05 Å². The molecule has 1 saturated heterocycles. The number of carbonyl (C=O) groups is 1. The summed E-state index contributed by atoms with van der Waals surface area (Å²) in [5, 5.41) is 17.3. The zero-order valence-electron chi connectivity index (χ0n) is 17.1. The first-order chi connectivity index (χ1) is 13.8. The van der Waals surface area contributed by atoms with Gasteiger partial charge in [0.1, 0.15) is 6.07 Å². The van der Waals surface area contributed by atoms with Crippen LogP contribution in [0.1, 0.15) is 49.2 Å². The molecule has 152 valence electrons. The third kappa shape index (κ3) is 3.83. The number of nitrogens with two attached hydrogens (primary N) is 1. The van der Waals surface area contributed by atoms with E-state index in [4.69, 9.17) is 5.73 Å². The van der Waals surface area contributed by atoms with Crippen molar-refractivity contribution in [3.63, 3.8) is 0 Å². The first-order valence-corrected chi connectivity index (χ1v) is 10.1. The van der Waals surface area contributed by atoms with Crippen molar-refractivity contribution >= 4 is 11.6 Å². The van der Waals surface area contributed by atoms with Crippen LogP contribution in [-0.4, -0.2) is 45.3 Å². The van der Waals surface area contributed by atoms with E-state index in [0.717, 1.165) is 19.3 Å². The number of anilines is 1. The van der Waals surface area contributed by atoms with Crippen molar-refractivity contribution in [2.45, 2.75) is 44.7 Å². The van der Waals surface area contributed by atoms with Crippen molar-refractivity contribution in [1.29, 1.82) is 5.26 Å². The average molecular weight is 393 g/mol. The highest BCUT2D eigenvalue weighted by molar-refractivity contribution is 6.04. The number of amides is 1. The minimum absolute atomic E-state index is 0.114. The molecule has 0 spiro atoms. The zero-order chi connectivity index (χ0) is 20.8. The van der Waals surface area contributed by atoms with Crippen LogP contribution < -0.4 is 16.0 Å². The normalized spacial score (nSPS) is 22.4. The minimum Gasteiger partial charge on any atom is -0.368 e. The molecule has 4 rings (SSSR count).